The van der Waals surface area contributed by atoms with Crippen molar-refractivity contribution in [3.05, 3.63) is 29.6 Å². The lowest BCUT2D eigenvalue weighted by molar-refractivity contribution is -0.117. The van der Waals surface area contributed by atoms with E-state index in [4.69, 9.17) is 4.74 Å². The fourth-order valence-electron chi connectivity index (χ4n) is 1.90. The lowest BCUT2D eigenvalue weighted by atomic mass is 10.1. The molecular weight excluding hydrogens is 263 g/mol. The number of ether oxygens (including phenoxy) is 1. The lowest BCUT2D eigenvalue weighted by Gasteiger charge is -2.25. The molecular formula is C14H17FN2O3. The normalized spacial score (nSPS) is 15.2. The van der Waals surface area contributed by atoms with Crippen LogP contribution in [0.3, 0.4) is 0 Å². The van der Waals surface area contributed by atoms with Crippen LogP contribution in [0, 0.1) is 5.82 Å². The van der Waals surface area contributed by atoms with E-state index in [0.29, 0.717) is 11.3 Å². The van der Waals surface area contributed by atoms with Crippen molar-refractivity contribution < 1.29 is 18.7 Å². The molecule has 2 rings (SSSR count). The first-order valence-corrected chi connectivity index (χ1v) is 6.31. The number of benzene rings is 1. The minimum Gasteiger partial charge on any atom is -0.444 e. The first kappa shape index (κ1) is 14.3. The van der Waals surface area contributed by atoms with Crippen LogP contribution >= 0.6 is 0 Å². The van der Waals surface area contributed by atoms with Crippen molar-refractivity contribution in [2.45, 2.75) is 32.9 Å². The minimum absolute atomic E-state index is 0.120. The van der Waals surface area contributed by atoms with E-state index in [0.717, 1.165) is 0 Å². The van der Waals surface area contributed by atoms with Crippen LogP contribution in [0.4, 0.5) is 14.9 Å². The standard InChI is InChI=1S/C14H17FN2O3/c1-14(2,3)20-13(19)17-7-9-6-10(15)4-5-11(9)16-12(18)8-17/h4-6H,7-8H2,1-3H3,(H,16,18). The molecule has 0 aliphatic carbocycles. The van der Waals surface area contributed by atoms with Crippen molar-refractivity contribution in [3.63, 3.8) is 0 Å². The zero-order chi connectivity index (χ0) is 14.9. The van der Waals surface area contributed by atoms with Crippen molar-refractivity contribution in [3.8, 4) is 0 Å². The quantitative estimate of drug-likeness (QED) is 0.794. The van der Waals surface area contributed by atoms with Crippen LogP contribution < -0.4 is 5.32 Å². The fraction of sp³-hybridized carbons (Fsp3) is 0.429. The monoisotopic (exact) mass is 280 g/mol. The Morgan fingerprint density at radius 3 is 2.70 bits per heavy atom. The van der Waals surface area contributed by atoms with Crippen LogP contribution in [-0.4, -0.2) is 29.0 Å². The SMILES string of the molecule is CC(C)(C)OC(=O)N1CC(=O)Nc2ccc(F)cc2C1. The molecule has 0 radical (unpaired) electrons. The predicted molar refractivity (Wildman–Crippen MR) is 71.7 cm³/mol. The Bertz CT molecular complexity index is 552. The summed E-state index contributed by atoms with van der Waals surface area (Å²) in [5, 5.41) is 2.64. The van der Waals surface area contributed by atoms with E-state index in [-0.39, 0.29) is 19.0 Å². The zero-order valence-corrected chi connectivity index (χ0v) is 11.7. The molecule has 0 fully saturated rings. The third-order valence-electron chi connectivity index (χ3n) is 2.69. The predicted octanol–water partition coefficient (Wildman–Crippen LogP) is 2.51. The molecule has 0 unspecified atom stereocenters. The summed E-state index contributed by atoms with van der Waals surface area (Å²) in [6, 6.07) is 4.06. The maximum absolute atomic E-state index is 13.3. The number of nitrogens with one attached hydrogen (secondary N) is 1. The van der Waals surface area contributed by atoms with Gasteiger partial charge >= 0.3 is 6.09 Å². The van der Waals surface area contributed by atoms with E-state index in [1.807, 2.05) is 0 Å². The van der Waals surface area contributed by atoms with Crippen LogP contribution in [0.2, 0.25) is 0 Å². The molecule has 1 aliphatic heterocycles. The summed E-state index contributed by atoms with van der Waals surface area (Å²) in [7, 11) is 0. The van der Waals surface area contributed by atoms with Crippen molar-refractivity contribution in [1.82, 2.24) is 4.90 Å². The van der Waals surface area contributed by atoms with Crippen molar-refractivity contribution in [1.29, 1.82) is 0 Å². The summed E-state index contributed by atoms with van der Waals surface area (Å²) in [5.41, 5.74) is 0.411. The third-order valence-corrected chi connectivity index (χ3v) is 2.69. The average molecular weight is 280 g/mol. The van der Waals surface area contributed by atoms with Crippen molar-refractivity contribution in [2.24, 2.45) is 0 Å². The van der Waals surface area contributed by atoms with E-state index in [1.165, 1.54) is 23.1 Å². The molecule has 0 saturated carbocycles. The fourth-order valence-corrected chi connectivity index (χ4v) is 1.90. The number of fused-ring (bicyclic) bond motifs is 1. The topological polar surface area (TPSA) is 58.6 Å². The molecule has 5 nitrogen and oxygen atoms in total. The van der Waals surface area contributed by atoms with Crippen molar-refractivity contribution >= 4 is 17.7 Å². The number of anilines is 1. The Kier molecular flexibility index (Phi) is 3.65. The van der Waals surface area contributed by atoms with E-state index in [2.05, 4.69) is 5.32 Å². The van der Waals surface area contributed by atoms with E-state index in [1.54, 1.807) is 20.8 Å². The molecule has 6 heteroatoms. The maximum Gasteiger partial charge on any atom is 0.411 e. The molecule has 0 bridgehead atoms. The van der Waals surface area contributed by atoms with Gasteiger partial charge in [0.15, 0.2) is 0 Å². The molecule has 1 aromatic carbocycles. The highest BCUT2D eigenvalue weighted by Gasteiger charge is 2.27. The number of halogens is 1. The van der Waals surface area contributed by atoms with Gasteiger partial charge in [0.2, 0.25) is 5.91 Å². The van der Waals surface area contributed by atoms with Gasteiger partial charge in [-0.2, -0.15) is 0 Å². The van der Waals surface area contributed by atoms with Gasteiger partial charge < -0.3 is 10.1 Å². The van der Waals surface area contributed by atoms with E-state index >= 15 is 0 Å². The third kappa shape index (κ3) is 3.46. The van der Waals surface area contributed by atoms with Gasteiger partial charge in [-0.25, -0.2) is 9.18 Å². The van der Waals surface area contributed by atoms with Crippen LogP contribution in [0.15, 0.2) is 18.2 Å². The second kappa shape index (κ2) is 5.11. The van der Waals surface area contributed by atoms with Gasteiger partial charge in [-0.15, -0.1) is 0 Å². The number of hydrogen-bond acceptors (Lipinski definition) is 3. The van der Waals surface area contributed by atoms with Crippen LogP contribution in [0.1, 0.15) is 26.3 Å². The molecule has 1 aromatic rings. The Labute approximate surface area is 116 Å². The molecule has 0 aromatic heterocycles. The van der Waals surface area contributed by atoms with E-state index in [9.17, 15) is 14.0 Å². The first-order valence-electron chi connectivity index (χ1n) is 6.31. The second-order valence-corrected chi connectivity index (χ2v) is 5.69. The zero-order valence-electron chi connectivity index (χ0n) is 11.7. The van der Waals surface area contributed by atoms with Gasteiger partial charge in [-0.05, 0) is 44.5 Å². The molecule has 0 saturated heterocycles. The summed E-state index contributed by atoms with van der Waals surface area (Å²) in [5.74, 6) is -0.745. The van der Waals surface area contributed by atoms with E-state index < -0.39 is 17.5 Å². The highest BCUT2D eigenvalue weighted by Crippen LogP contribution is 2.23. The average Bonchev–Trinajstić information content (AvgIpc) is 2.45. The van der Waals surface area contributed by atoms with Crippen LogP contribution in [-0.2, 0) is 16.1 Å². The second-order valence-electron chi connectivity index (χ2n) is 5.69. The first-order chi connectivity index (χ1) is 9.24. The number of carbonyl (C=O) groups is 2. The summed E-state index contributed by atoms with van der Waals surface area (Å²) in [6.07, 6.45) is -0.593. The number of hydrogen-bond donors (Lipinski definition) is 1. The molecule has 1 aliphatic rings. The molecule has 1 heterocycles. The molecule has 0 spiro atoms. The molecule has 108 valence electrons. The van der Waals surface area contributed by atoms with Gasteiger partial charge in [0, 0.05) is 5.69 Å². The number of rotatable bonds is 0. The summed E-state index contributed by atoms with van der Waals surface area (Å²) < 4.78 is 18.5. The minimum atomic E-state index is -0.648. The largest absolute Gasteiger partial charge is 0.444 e. The molecule has 1 N–H and O–H groups in total. The van der Waals surface area contributed by atoms with Gasteiger partial charge in [0.05, 0.1) is 6.54 Å². The molecule has 2 amide bonds. The lowest BCUT2D eigenvalue weighted by Crippen LogP contribution is -2.39. The number of carbonyl (C=O) groups excluding carboxylic acids is 2. The van der Waals surface area contributed by atoms with Gasteiger partial charge in [-0.1, -0.05) is 0 Å². The Balaban J connectivity index is 2.24. The summed E-state index contributed by atoms with van der Waals surface area (Å²) in [6.45, 7) is 5.25. The number of amides is 2. The maximum atomic E-state index is 13.3. The highest BCUT2D eigenvalue weighted by molar-refractivity contribution is 5.95. The van der Waals surface area contributed by atoms with Gasteiger partial charge in [0.25, 0.3) is 0 Å². The summed E-state index contributed by atoms with van der Waals surface area (Å²) >= 11 is 0. The summed E-state index contributed by atoms with van der Waals surface area (Å²) in [4.78, 5) is 25.0. The molecule has 20 heavy (non-hydrogen) atoms. The molecule has 0 atom stereocenters. The van der Waals surface area contributed by atoms with Gasteiger partial charge in [-0.3, -0.25) is 9.69 Å². The van der Waals surface area contributed by atoms with Gasteiger partial charge in [0.1, 0.15) is 18.0 Å². The Hall–Kier alpha value is -2.11. The van der Waals surface area contributed by atoms with Crippen molar-refractivity contribution in [2.75, 3.05) is 11.9 Å². The Morgan fingerprint density at radius 2 is 2.05 bits per heavy atom. The highest BCUT2D eigenvalue weighted by atomic mass is 19.1. The van der Waals surface area contributed by atoms with Crippen LogP contribution in [0.25, 0.3) is 0 Å². The van der Waals surface area contributed by atoms with Crippen LogP contribution in [0.5, 0.6) is 0 Å². The smallest absolute Gasteiger partial charge is 0.411 e. The number of nitrogens with zero attached hydrogens (tertiary/aromatic N) is 1. The Morgan fingerprint density at radius 1 is 1.35 bits per heavy atom.